The van der Waals surface area contributed by atoms with Gasteiger partial charge in [-0.05, 0) is 33.2 Å². The Bertz CT molecular complexity index is 855. The molecule has 0 radical (unpaired) electrons. The molecule has 1 amide bonds. The number of rotatable bonds is 6. The van der Waals surface area contributed by atoms with Crippen molar-refractivity contribution < 1.29 is 9.53 Å². The minimum absolute atomic E-state index is 0.265. The molecule has 0 aliphatic heterocycles. The number of carbonyl (C=O) groups is 1. The largest absolute Gasteiger partial charge is 0.492 e. The second-order valence-electron chi connectivity index (χ2n) is 5.64. The van der Waals surface area contributed by atoms with Gasteiger partial charge in [0, 0.05) is 23.4 Å². The Hall–Kier alpha value is -2.45. The number of hydrogen-bond donors (Lipinski definition) is 2. The van der Waals surface area contributed by atoms with E-state index >= 15 is 0 Å². The number of thiazole rings is 1. The van der Waals surface area contributed by atoms with Crippen molar-refractivity contribution in [2.75, 3.05) is 32.6 Å². The molecule has 126 valence electrons. The van der Waals surface area contributed by atoms with Crippen LogP contribution in [0, 0.1) is 6.92 Å². The summed E-state index contributed by atoms with van der Waals surface area (Å²) in [5.41, 5.74) is 1.21. The Labute approximate surface area is 143 Å². The van der Waals surface area contributed by atoms with Crippen molar-refractivity contribution in [3.8, 4) is 5.75 Å². The second kappa shape index (κ2) is 6.98. The Kier molecular flexibility index (Phi) is 4.77. The third kappa shape index (κ3) is 3.72. The van der Waals surface area contributed by atoms with E-state index in [2.05, 4.69) is 25.4 Å². The lowest BCUT2D eigenvalue weighted by Gasteiger charge is -2.10. The molecule has 3 rings (SSSR count). The van der Waals surface area contributed by atoms with Gasteiger partial charge in [-0.1, -0.05) is 0 Å². The van der Waals surface area contributed by atoms with E-state index in [1.807, 2.05) is 39.2 Å². The maximum absolute atomic E-state index is 12.2. The summed E-state index contributed by atoms with van der Waals surface area (Å²) in [5.74, 6) is 0.987. The molecule has 0 bridgehead atoms. The van der Waals surface area contributed by atoms with E-state index in [1.165, 1.54) is 11.3 Å². The van der Waals surface area contributed by atoms with Crippen LogP contribution in [-0.4, -0.2) is 53.2 Å². The predicted molar refractivity (Wildman–Crippen MR) is 94.9 cm³/mol. The third-order valence-corrected chi connectivity index (χ3v) is 4.20. The molecule has 0 unspecified atom stereocenters. The predicted octanol–water partition coefficient (Wildman–Crippen LogP) is 2.52. The highest BCUT2D eigenvalue weighted by Crippen LogP contribution is 2.25. The molecule has 0 atom stereocenters. The van der Waals surface area contributed by atoms with Gasteiger partial charge in [-0.3, -0.25) is 9.89 Å². The number of ether oxygens (including phenoxy) is 1. The minimum Gasteiger partial charge on any atom is -0.492 e. The smallest absolute Gasteiger partial charge is 0.276 e. The number of nitrogens with one attached hydrogen (secondary N) is 2. The first-order valence-electron chi connectivity index (χ1n) is 7.52. The summed E-state index contributed by atoms with van der Waals surface area (Å²) in [5, 5.41) is 13.3. The van der Waals surface area contributed by atoms with E-state index in [9.17, 15) is 4.79 Å². The molecule has 0 aliphatic carbocycles. The molecule has 2 N–H and O–H groups in total. The third-order valence-electron chi connectivity index (χ3n) is 3.43. The summed E-state index contributed by atoms with van der Waals surface area (Å²) in [6.45, 7) is 3.32. The highest BCUT2D eigenvalue weighted by molar-refractivity contribution is 7.09. The van der Waals surface area contributed by atoms with Gasteiger partial charge in [0.05, 0.1) is 10.5 Å². The first-order valence-corrected chi connectivity index (χ1v) is 8.40. The Morgan fingerprint density at radius 2 is 2.25 bits per heavy atom. The van der Waals surface area contributed by atoms with Crippen LogP contribution in [0.25, 0.3) is 10.9 Å². The number of likely N-dealkylation sites (N-methyl/N-ethyl adjacent to an activating group) is 1. The normalized spacial score (nSPS) is 11.2. The van der Waals surface area contributed by atoms with Crippen LogP contribution < -0.4 is 10.1 Å². The number of aromatic nitrogens is 3. The van der Waals surface area contributed by atoms with Gasteiger partial charge >= 0.3 is 0 Å². The van der Waals surface area contributed by atoms with Gasteiger partial charge in [-0.25, -0.2) is 4.98 Å². The van der Waals surface area contributed by atoms with Gasteiger partial charge < -0.3 is 15.0 Å². The standard InChI is InChI=1S/C16H19N5O2S/c1-10-17-14(9-24-10)16(22)18-15-12-5-4-11(8-13(12)19-20-15)23-7-6-21(2)3/h4-5,8-9H,6-7H2,1-3H3,(H2,18,19,20,22). The Morgan fingerprint density at radius 1 is 1.42 bits per heavy atom. The van der Waals surface area contributed by atoms with Crippen molar-refractivity contribution in [2.45, 2.75) is 6.92 Å². The van der Waals surface area contributed by atoms with Crippen LogP contribution in [-0.2, 0) is 0 Å². The number of carbonyl (C=O) groups excluding carboxylic acids is 1. The van der Waals surface area contributed by atoms with Gasteiger partial charge in [-0.15, -0.1) is 11.3 Å². The van der Waals surface area contributed by atoms with Crippen molar-refractivity contribution in [2.24, 2.45) is 0 Å². The number of fused-ring (bicyclic) bond motifs is 1. The van der Waals surface area contributed by atoms with Crippen LogP contribution in [0.4, 0.5) is 5.82 Å². The van der Waals surface area contributed by atoms with Crippen LogP contribution in [0.2, 0.25) is 0 Å². The van der Waals surface area contributed by atoms with Crippen LogP contribution in [0.1, 0.15) is 15.5 Å². The fourth-order valence-corrected chi connectivity index (χ4v) is 2.76. The maximum atomic E-state index is 12.2. The molecule has 0 saturated heterocycles. The molecule has 0 aliphatic rings. The molecule has 3 aromatic rings. The van der Waals surface area contributed by atoms with Crippen molar-refractivity contribution >= 4 is 34.0 Å². The lowest BCUT2D eigenvalue weighted by molar-refractivity contribution is 0.102. The van der Waals surface area contributed by atoms with Gasteiger partial charge in [0.25, 0.3) is 5.91 Å². The molecule has 8 heteroatoms. The minimum atomic E-state index is -0.265. The molecule has 2 aromatic heterocycles. The summed E-state index contributed by atoms with van der Waals surface area (Å²) in [7, 11) is 4.00. The van der Waals surface area contributed by atoms with E-state index < -0.39 is 0 Å². The summed E-state index contributed by atoms with van der Waals surface area (Å²) < 4.78 is 5.70. The molecule has 24 heavy (non-hydrogen) atoms. The molecule has 0 fully saturated rings. The quantitative estimate of drug-likeness (QED) is 0.717. The average Bonchev–Trinajstić information content (AvgIpc) is 3.13. The molecule has 1 aromatic carbocycles. The van der Waals surface area contributed by atoms with Gasteiger partial charge in [0.1, 0.15) is 18.1 Å². The number of aryl methyl sites for hydroxylation is 1. The second-order valence-corrected chi connectivity index (χ2v) is 6.70. The number of H-pyrrole nitrogens is 1. The first-order chi connectivity index (χ1) is 11.5. The zero-order valence-electron chi connectivity index (χ0n) is 13.8. The lowest BCUT2D eigenvalue weighted by atomic mass is 10.2. The number of hydrogen-bond acceptors (Lipinski definition) is 6. The summed E-state index contributed by atoms with van der Waals surface area (Å²) in [4.78, 5) is 18.4. The van der Waals surface area contributed by atoms with Gasteiger partial charge in [0.15, 0.2) is 5.82 Å². The molecule has 7 nitrogen and oxygen atoms in total. The molecule has 2 heterocycles. The number of aromatic amines is 1. The Morgan fingerprint density at radius 3 is 2.96 bits per heavy atom. The number of anilines is 1. The fraction of sp³-hybridized carbons (Fsp3) is 0.312. The van der Waals surface area contributed by atoms with E-state index in [-0.39, 0.29) is 5.91 Å². The number of amides is 1. The van der Waals surface area contributed by atoms with Crippen molar-refractivity contribution in [3.63, 3.8) is 0 Å². The van der Waals surface area contributed by atoms with E-state index in [0.717, 1.165) is 28.2 Å². The van der Waals surface area contributed by atoms with Gasteiger partial charge in [0.2, 0.25) is 0 Å². The maximum Gasteiger partial charge on any atom is 0.276 e. The summed E-state index contributed by atoms with van der Waals surface area (Å²) in [6.07, 6.45) is 0. The summed E-state index contributed by atoms with van der Waals surface area (Å²) >= 11 is 1.44. The van der Waals surface area contributed by atoms with Crippen molar-refractivity contribution in [3.05, 3.63) is 34.3 Å². The average molecular weight is 345 g/mol. The lowest BCUT2D eigenvalue weighted by Crippen LogP contribution is -2.19. The van der Waals surface area contributed by atoms with E-state index in [4.69, 9.17) is 4.74 Å². The van der Waals surface area contributed by atoms with Crippen molar-refractivity contribution in [1.29, 1.82) is 0 Å². The molecular formula is C16H19N5O2S. The number of nitrogens with zero attached hydrogens (tertiary/aromatic N) is 3. The highest BCUT2D eigenvalue weighted by Gasteiger charge is 2.14. The zero-order valence-corrected chi connectivity index (χ0v) is 14.6. The summed E-state index contributed by atoms with van der Waals surface area (Å²) in [6, 6.07) is 5.63. The van der Waals surface area contributed by atoms with Crippen molar-refractivity contribution in [1.82, 2.24) is 20.1 Å². The Balaban J connectivity index is 1.72. The van der Waals surface area contributed by atoms with Gasteiger partial charge in [-0.2, -0.15) is 5.10 Å². The SMILES string of the molecule is Cc1nc(C(=O)Nc2n[nH]c3cc(OCCN(C)C)ccc23)cs1. The zero-order chi connectivity index (χ0) is 17.1. The van der Waals surface area contributed by atoms with E-state index in [0.29, 0.717) is 18.1 Å². The molecule has 0 saturated carbocycles. The van der Waals surface area contributed by atoms with Crippen LogP contribution in [0.15, 0.2) is 23.6 Å². The number of benzene rings is 1. The van der Waals surface area contributed by atoms with Crippen LogP contribution in [0.5, 0.6) is 5.75 Å². The van der Waals surface area contributed by atoms with E-state index in [1.54, 1.807) is 5.38 Å². The van der Waals surface area contributed by atoms with Crippen LogP contribution >= 0.6 is 11.3 Å². The first kappa shape index (κ1) is 16.4. The molecule has 0 spiro atoms. The molecular weight excluding hydrogens is 326 g/mol. The fourth-order valence-electron chi connectivity index (χ4n) is 2.17. The van der Waals surface area contributed by atoms with Crippen LogP contribution in [0.3, 0.4) is 0 Å². The monoisotopic (exact) mass is 345 g/mol. The highest BCUT2D eigenvalue weighted by atomic mass is 32.1. The topological polar surface area (TPSA) is 83.1 Å².